The maximum atomic E-state index is 2.52. The number of hydrogen-bond donors (Lipinski definition) is 0. The predicted molar refractivity (Wildman–Crippen MR) is 277 cm³/mol. The van der Waals surface area contributed by atoms with Gasteiger partial charge >= 0.3 is 0 Å². The lowest BCUT2D eigenvalue weighted by Gasteiger charge is -2.34. The molecule has 0 aromatic heterocycles. The Balaban J connectivity index is 1.26. The Morgan fingerprint density at radius 2 is 0.672 bits per heavy atom. The second-order valence-corrected chi connectivity index (χ2v) is 19.6. The van der Waals surface area contributed by atoms with Crippen LogP contribution in [0.5, 0.6) is 0 Å². The number of nitrogens with zero attached hydrogens (tertiary/aromatic N) is 2. The van der Waals surface area contributed by atoms with E-state index in [0.29, 0.717) is 0 Å². The molecule has 314 valence electrons. The zero-order chi connectivity index (χ0) is 44.3. The van der Waals surface area contributed by atoms with E-state index in [1.54, 1.807) is 0 Å². The molecule has 0 N–H and O–H groups in total. The summed E-state index contributed by atoms with van der Waals surface area (Å²) in [5.41, 5.74) is 16.6. The second-order valence-electron chi connectivity index (χ2n) is 19.6. The van der Waals surface area contributed by atoms with Crippen molar-refractivity contribution in [1.82, 2.24) is 0 Å². The highest BCUT2D eigenvalue weighted by Crippen LogP contribution is 2.51. The lowest BCUT2D eigenvalue weighted by Crippen LogP contribution is -2.20. The first kappa shape index (κ1) is 40.9. The van der Waals surface area contributed by atoms with Crippen LogP contribution in [0, 0.1) is 13.8 Å². The molecule has 0 saturated carbocycles. The van der Waals surface area contributed by atoms with Gasteiger partial charge in [0, 0.05) is 22.1 Å². The molecule has 0 atom stereocenters. The molecule has 0 aliphatic carbocycles. The highest BCUT2D eigenvalue weighted by atomic mass is 15.2. The first-order valence-electron chi connectivity index (χ1n) is 22.7. The summed E-state index contributed by atoms with van der Waals surface area (Å²) in [6, 6.07) is 72.4. The van der Waals surface area contributed by atoms with Gasteiger partial charge in [0.2, 0.25) is 0 Å². The molecule has 0 aliphatic heterocycles. The Hall–Kier alpha value is -7.16. The summed E-state index contributed by atoms with van der Waals surface area (Å²) in [4.78, 5) is 5.03. The van der Waals surface area contributed by atoms with Gasteiger partial charge in [-0.05, 0) is 128 Å². The van der Waals surface area contributed by atoms with E-state index < -0.39 is 0 Å². The maximum Gasteiger partial charge on any atom is 0.0540 e. The van der Waals surface area contributed by atoms with Crippen LogP contribution in [0.1, 0.15) is 63.8 Å². The highest BCUT2D eigenvalue weighted by molar-refractivity contribution is 6.28. The van der Waals surface area contributed by atoms with Crippen molar-refractivity contribution in [2.75, 3.05) is 9.80 Å². The first-order valence-corrected chi connectivity index (χ1v) is 22.7. The van der Waals surface area contributed by atoms with Crippen molar-refractivity contribution in [1.29, 1.82) is 0 Å². The number of benzene rings is 10. The van der Waals surface area contributed by atoms with Crippen molar-refractivity contribution >= 4 is 66.4 Å². The van der Waals surface area contributed by atoms with Gasteiger partial charge in [-0.25, -0.2) is 0 Å². The SMILES string of the molecule is Cc1ccc(N(c2cc(-c3ccccc3)ccc2C(C)(C)C)c2ccc3ccc4c(N(c5ccc(C)cc5)c5cc(-c6ccccc6)ccc5C(C)(C)C)ccc5ccc2c3c54)cc1. The van der Waals surface area contributed by atoms with Crippen molar-refractivity contribution in [3.63, 3.8) is 0 Å². The monoisotopic (exact) mass is 828 g/mol. The minimum atomic E-state index is -0.116. The third-order valence-electron chi connectivity index (χ3n) is 13.0. The van der Waals surface area contributed by atoms with Crippen molar-refractivity contribution in [2.24, 2.45) is 0 Å². The quantitative estimate of drug-likeness (QED) is 0.141. The average molecular weight is 829 g/mol. The topological polar surface area (TPSA) is 6.48 Å². The van der Waals surface area contributed by atoms with Gasteiger partial charge in [-0.3, -0.25) is 0 Å². The molecule has 0 spiro atoms. The van der Waals surface area contributed by atoms with E-state index in [1.165, 1.54) is 88.2 Å². The van der Waals surface area contributed by atoms with E-state index >= 15 is 0 Å². The average Bonchev–Trinajstić information content (AvgIpc) is 3.30. The molecule has 0 unspecified atom stereocenters. The minimum absolute atomic E-state index is 0.116. The molecular weight excluding hydrogens is 773 g/mol. The molecule has 64 heavy (non-hydrogen) atoms. The molecular formula is C62H56N2. The molecule has 0 amide bonds. The van der Waals surface area contributed by atoms with Crippen LogP contribution in [0.15, 0.2) is 194 Å². The van der Waals surface area contributed by atoms with Crippen molar-refractivity contribution < 1.29 is 0 Å². The van der Waals surface area contributed by atoms with Gasteiger partial charge in [-0.1, -0.05) is 198 Å². The maximum absolute atomic E-state index is 2.52. The molecule has 2 heteroatoms. The normalized spacial score (nSPS) is 12.1. The fourth-order valence-electron chi connectivity index (χ4n) is 9.69. The van der Waals surface area contributed by atoms with Crippen LogP contribution in [0.3, 0.4) is 0 Å². The third-order valence-corrected chi connectivity index (χ3v) is 13.0. The van der Waals surface area contributed by atoms with Crippen molar-refractivity contribution in [3.8, 4) is 22.3 Å². The number of anilines is 6. The van der Waals surface area contributed by atoms with Gasteiger partial charge in [0.25, 0.3) is 0 Å². The molecule has 2 nitrogen and oxygen atoms in total. The summed E-state index contributed by atoms with van der Waals surface area (Å²) in [7, 11) is 0. The van der Waals surface area contributed by atoms with Gasteiger partial charge in [-0.15, -0.1) is 0 Å². The van der Waals surface area contributed by atoms with Gasteiger partial charge in [0.05, 0.1) is 22.7 Å². The summed E-state index contributed by atoms with van der Waals surface area (Å²) in [5, 5.41) is 7.47. The number of aryl methyl sites for hydroxylation is 2. The standard InChI is InChI=1S/C62H56N2/c1-41-19-29-49(30-20-41)63(57-39-47(43-15-11-9-12-16-43)25-35-53(57)61(3,4)5)55-37-27-45-24-34-52-56(38-28-46-23-33-51(55)59(45)60(46)52)64(50-31-21-42(2)22-32-50)58-40-48(44-17-13-10-14-18-44)26-36-54(58)62(6,7)8/h9-40H,1-8H3. The largest absolute Gasteiger partial charge is 0.310 e. The summed E-state index contributed by atoms with van der Waals surface area (Å²) >= 11 is 0. The van der Waals surface area contributed by atoms with Crippen LogP contribution < -0.4 is 9.80 Å². The molecule has 10 rings (SSSR count). The van der Waals surface area contributed by atoms with Crippen LogP contribution in [0.25, 0.3) is 54.6 Å². The van der Waals surface area contributed by atoms with Gasteiger partial charge in [-0.2, -0.15) is 0 Å². The fourth-order valence-corrected chi connectivity index (χ4v) is 9.69. The summed E-state index contributed by atoms with van der Waals surface area (Å²) in [6.45, 7) is 18.3. The van der Waals surface area contributed by atoms with Crippen LogP contribution in [-0.2, 0) is 10.8 Å². The third kappa shape index (κ3) is 7.37. The lowest BCUT2D eigenvalue weighted by molar-refractivity contribution is 0.591. The smallest absolute Gasteiger partial charge is 0.0540 e. The predicted octanol–water partition coefficient (Wildman–Crippen LogP) is 18.1. The molecule has 0 bridgehead atoms. The van der Waals surface area contributed by atoms with E-state index in [9.17, 15) is 0 Å². The van der Waals surface area contributed by atoms with Crippen LogP contribution in [-0.4, -0.2) is 0 Å². The molecule has 0 aliphatic rings. The van der Waals surface area contributed by atoms with Crippen molar-refractivity contribution in [3.05, 3.63) is 216 Å². The molecule has 10 aromatic carbocycles. The Bertz CT molecular complexity index is 3050. The van der Waals surface area contributed by atoms with E-state index in [-0.39, 0.29) is 10.8 Å². The van der Waals surface area contributed by atoms with Gasteiger partial charge < -0.3 is 9.80 Å². The zero-order valence-corrected chi connectivity index (χ0v) is 38.4. The van der Waals surface area contributed by atoms with Crippen LogP contribution in [0.4, 0.5) is 34.1 Å². The Morgan fingerprint density at radius 3 is 1.03 bits per heavy atom. The van der Waals surface area contributed by atoms with Crippen LogP contribution >= 0.6 is 0 Å². The van der Waals surface area contributed by atoms with Crippen molar-refractivity contribution in [2.45, 2.75) is 66.2 Å². The van der Waals surface area contributed by atoms with Crippen LogP contribution in [0.2, 0.25) is 0 Å². The summed E-state index contributed by atoms with van der Waals surface area (Å²) in [6.07, 6.45) is 0. The molecule has 0 radical (unpaired) electrons. The highest BCUT2D eigenvalue weighted by Gasteiger charge is 2.29. The van der Waals surface area contributed by atoms with E-state index in [2.05, 4.69) is 259 Å². The molecule has 0 fully saturated rings. The lowest BCUT2D eigenvalue weighted by atomic mass is 9.83. The second kappa shape index (κ2) is 15.9. The number of hydrogen-bond acceptors (Lipinski definition) is 2. The van der Waals surface area contributed by atoms with E-state index in [0.717, 1.165) is 22.7 Å². The van der Waals surface area contributed by atoms with E-state index in [4.69, 9.17) is 0 Å². The summed E-state index contributed by atoms with van der Waals surface area (Å²) < 4.78 is 0. The van der Waals surface area contributed by atoms with E-state index in [1.807, 2.05) is 0 Å². The van der Waals surface area contributed by atoms with Gasteiger partial charge in [0.1, 0.15) is 0 Å². The Morgan fingerprint density at radius 1 is 0.312 bits per heavy atom. The Kier molecular flexibility index (Phi) is 10.1. The molecule has 10 aromatic rings. The number of rotatable bonds is 8. The molecule has 0 heterocycles. The fraction of sp³-hybridized carbons (Fsp3) is 0.161. The minimum Gasteiger partial charge on any atom is -0.310 e. The zero-order valence-electron chi connectivity index (χ0n) is 38.4. The summed E-state index contributed by atoms with van der Waals surface area (Å²) in [5.74, 6) is 0. The Labute approximate surface area is 379 Å². The van der Waals surface area contributed by atoms with Gasteiger partial charge in [0.15, 0.2) is 0 Å². The molecule has 0 saturated heterocycles. The first-order chi connectivity index (χ1) is 30.8.